The number of amides is 2. The van der Waals surface area contributed by atoms with Crippen molar-refractivity contribution in [1.82, 2.24) is 10.2 Å². The van der Waals surface area contributed by atoms with Crippen LogP contribution in [0.15, 0.2) is 0 Å². The number of hydrogen-bond acceptors (Lipinski definition) is 1. The van der Waals surface area contributed by atoms with Crippen LogP contribution in [0.2, 0.25) is 0 Å². The minimum atomic E-state index is 0. The van der Waals surface area contributed by atoms with Crippen molar-refractivity contribution in [2.75, 3.05) is 19.6 Å². The maximum absolute atomic E-state index is 11.0. The number of nitrogens with zero attached hydrogens (tertiary/aromatic N) is 1. The van der Waals surface area contributed by atoms with E-state index in [1.807, 2.05) is 20.8 Å². The number of carbonyl (C=O) groups is 1. The zero-order valence-electron chi connectivity index (χ0n) is 7.39. The van der Waals surface area contributed by atoms with Gasteiger partial charge in [0.25, 0.3) is 0 Å². The molecule has 0 heterocycles. The van der Waals surface area contributed by atoms with E-state index in [2.05, 4.69) is 5.32 Å². The number of urea groups is 1. The van der Waals surface area contributed by atoms with E-state index >= 15 is 0 Å². The van der Waals surface area contributed by atoms with Gasteiger partial charge in [-0.05, 0) is 20.8 Å². The van der Waals surface area contributed by atoms with Gasteiger partial charge in [-0.25, -0.2) is 4.79 Å². The Labute approximate surface area is 78.9 Å². The van der Waals surface area contributed by atoms with Crippen LogP contribution in [0.1, 0.15) is 20.8 Å². The van der Waals surface area contributed by atoms with Gasteiger partial charge in [0, 0.05) is 19.6 Å². The number of nitrogens with one attached hydrogen (secondary N) is 1. The highest BCUT2D eigenvalue weighted by Crippen LogP contribution is 1.86. The fourth-order valence-corrected chi connectivity index (χ4v) is 0.774. The third-order valence-corrected chi connectivity index (χ3v) is 1.38. The lowest BCUT2D eigenvalue weighted by molar-refractivity contribution is 0.204. The van der Waals surface area contributed by atoms with Gasteiger partial charge in [-0.15, -0.1) is 17.0 Å². The summed E-state index contributed by atoms with van der Waals surface area (Å²) in [6.07, 6.45) is 0. The van der Waals surface area contributed by atoms with E-state index in [1.165, 1.54) is 0 Å². The molecule has 0 aromatic carbocycles. The number of halogens is 1. The summed E-state index contributed by atoms with van der Waals surface area (Å²) in [7, 11) is 0. The summed E-state index contributed by atoms with van der Waals surface area (Å²) in [5.74, 6) is 0. The maximum atomic E-state index is 11.0. The number of carbonyl (C=O) groups excluding carboxylic acids is 1. The molecule has 0 saturated carbocycles. The summed E-state index contributed by atoms with van der Waals surface area (Å²) >= 11 is 0. The van der Waals surface area contributed by atoms with Crippen LogP contribution in [-0.2, 0) is 0 Å². The van der Waals surface area contributed by atoms with Gasteiger partial charge in [0.15, 0.2) is 0 Å². The third kappa shape index (κ3) is 5.07. The van der Waals surface area contributed by atoms with E-state index in [9.17, 15) is 4.79 Å². The Balaban J connectivity index is 0. The van der Waals surface area contributed by atoms with Crippen molar-refractivity contribution >= 4 is 23.0 Å². The summed E-state index contributed by atoms with van der Waals surface area (Å²) in [5.41, 5.74) is 0. The average molecular weight is 225 g/mol. The molecule has 0 aliphatic heterocycles. The highest BCUT2D eigenvalue weighted by Gasteiger charge is 2.05. The number of rotatable bonds is 3. The molecule has 3 nitrogen and oxygen atoms in total. The van der Waals surface area contributed by atoms with Crippen LogP contribution < -0.4 is 5.32 Å². The van der Waals surface area contributed by atoms with Crippen molar-refractivity contribution in [3.05, 3.63) is 0 Å². The first kappa shape index (κ1) is 13.3. The molecule has 0 rings (SSSR count). The summed E-state index contributed by atoms with van der Waals surface area (Å²) in [4.78, 5) is 12.8. The maximum Gasteiger partial charge on any atom is 0.317 e. The molecule has 0 saturated heterocycles. The van der Waals surface area contributed by atoms with E-state index in [0.29, 0.717) is 6.54 Å². The van der Waals surface area contributed by atoms with Gasteiger partial charge in [-0.1, -0.05) is 0 Å². The largest absolute Gasteiger partial charge is 0.338 e. The van der Waals surface area contributed by atoms with E-state index in [0.717, 1.165) is 13.1 Å². The van der Waals surface area contributed by atoms with Crippen LogP contribution in [0.4, 0.5) is 4.79 Å². The van der Waals surface area contributed by atoms with Gasteiger partial charge in [0.2, 0.25) is 0 Å². The second kappa shape index (κ2) is 7.85. The Morgan fingerprint density at radius 3 is 2.00 bits per heavy atom. The normalized spacial score (nSPS) is 8.27. The lowest BCUT2D eigenvalue weighted by atomic mass is 10.5. The lowest BCUT2D eigenvalue weighted by Gasteiger charge is -2.18. The standard InChI is InChI=1S/C7H16N2O.BrH/c1-4-8-7(10)9(5-2)6-3;/h4-6H2,1-3H3,(H,8,10);1H. The van der Waals surface area contributed by atoms with Crippen molar-refractivity contribution in [2.45, 2.75) is 20.8 Å². The minimum absolute atomic E-state index is 0. The molecular weight excluding hydrogens is 208 g/mol. The highest BCUT2D eigenvalue weighted by atomic mass is 79.9. The molecular formula is C7H17BrN2O. The fourth-order valence-electron chi connectivity index (χ4n) is 0.774. The minimum Gasteiger partial charge on any atom is -0.338 e. The number of hydrogen-bond donors (Lipinski definition) is 1. The molecule has 0 unspecified atom stereocenters. The Bertz CT molecular complexity index is 105. The van der Waals surface area contributed by atoms with Gasteiger partial charge in [0.1, 0.15) is 0 Å². The van der Waals surface area contributed by atoms with Crippen molar-refractivity contribution in [2.24, 2.45) is 0 Å². The van der Waals surface area contributed by atoms with Crippen LogP contribution in [0.3, 0.4) is 0 Å². The predicted octanol–water partition coefficient (Wildman–Crippen LogP) is 1.64. The summed E-state index contributed by atoms with van der Waals surface area (Å²) in [6, 6.07) is 0.0347. The summed E-state index contributed by atoms with van der Waals surface area (Å²) < 4.78 is 0. The fraction of sp³-hybridized carbons (Fsp3) is 0.857. The molecule has 4 heteroatoms. The van der Waals surface area contributed by atoms with Gasteiger partial charge >= 0.3 is 6.03 Å². The van der Waals surface area contributed by atoms with Crippen LogP contribution in [0.25, 0.3) is 0 Å². The first-order chi connectivity index (χ1) is 4.76. The van der Waals surface area contributed by atoms with E-state index in [-0.39, 0.29) is 23.0 Å². The zero-order chi connectivity index (χ0) is 7.98. The van der Waals surface area contributed by atoms with Crippen LogP contribution in [0.5, 0.6) is 0 Å². The molecule has 68 valence electrons. The van der Waals surface area contributed by atoms with Crippen molar-refractivity contribution < 1.29 is 4.79 Å². The summed E-state index contributed by atoms with van der Waals surface area (Å²) in [6.45, 7) is 8.12. The van der Waals surface area contributed by atoms with Gasteiger partial charge in [-0.2, -0.15) is 0 Å². The second-order valence-corrected chi connectivity index (χ2v) is 2.01. The Morgan fingerprint density at radius 2 is 1.73 bits per heavy atom. The average Bonchev–Trinajstić information content (AvgIpc) is 1.91. The Morgan fingerprint density at radius 1 is 1.27 bits per heavy atom. The molecule has 0 aliphatic carbocycles. The molecule has 0 atom stereocenters. The zero-order valence-corrected chi connectivity index (χ0v) is 9.10. The van der Waals surface area contributed by atoms with E-state index < -0.39 is 0 Å². The van der Waals surface area contributed by atoms with Crippen LogP contribution in [0, 0.1) is 0 Å². The molecule has 0 radical (unpaired) electrons. The van der Waals surface area contributed by atoms with Crippen molar-refractivity contribution in [3.8, 4) is 0 Å². The second-order valence-electron chi connectivity index (χ2n) is 2.01. The molecule has 0 bridgehead atoms. The third-order valence-electron chi connectivity index (χ3n) is 1.38. The topological polar surface area (TPSA) is 32.3 Å². The van der Waals surface area contributed by atoms with Crippen molar-refractivity contribution in [3.63, 3.8) is 0 Å². The molecule has 1 N–H and O–H groups in total. The predicted molar refractivity (Wildman–Crippen MR) is 52.3 cm³/mol. The summed E-state index contributed by atoms with van der Waals surface area (Å²) in [5, 5.41) is 2.73. The van der Waals surface area contributed by atoms with Crippen LogP contribution >= 0.6 is 17.0 Å². The monoisotopic (exact) mass is 224 g/mol. The smallest absolute Gasteiger partial charge is 0.317 e. The lowest BCUT2D eigenvalue weighted by Crippen LogP contribution is -2.39. The van der Waals surface area contributed by atoms with Gasteiger partial charge < -0.3 is 10.2 Å². The van der Waals surface area contributed by atoms with Gasteiger partial charge in [0.05, 0.1) is 0 Å². The van der Waals surface area contributed by atoms with Crippen LogP contribution in [-0.4, -0.2) is 30.6 Å². The quantitative estimate of drug-likeness (QED) is 0.777. The molecule has 0 fully saturated rings. The molecule has 2 amide bonds. The van der Waals surface area contributed by atoms with Gasteiger partial charge in [-0.3, -0.25) is 0 Å². The molecule has 0 aromatic heterocycles. The Kier molecular flexibility index (Phi) is 9.53. The molecule has 0 spiro atoms. The highest BCUT2D eigenvalue weighted by molar-refractivity contribution is 8.93. The van der Waals surface area contributed by atoms with Crippen molar-refractivity contribution in [1.29, 1.82) is 0 Å². The Hall–Kier alpha value is -0.250. The molecule has 0 aliphatic rings. The molecule has 11 heavy (non-hydrogen) atoms. The first-order valence-corrected chi connectivity index (χ1v) is 3.79. The molecule has 0 aromatic rings. The first-order valence-electron chi connectivity index (χ1n) is 3.79. The SMILES string of the molecule is Br.CCNC(=O)N(CC)CC. The van der Waals surface area contributed by atoms with E-state index in [1.54, 1.807) is 4.90 Å². The van der Waals surface area contributed by atoms with E-state index in [4.69, 9.17) is 0 Å².